The van der Waals surface area contributed by atoms with Crippen LogP contribution in [0.25, 0.3) is 0 Å². The third-order valence-corrected chi connectivity index (χ3v) is 10.5. The predicted molar refractivity (Wildman–Crippen MR) is 169 cm³/mol. The number of piperidine rings is 1. The van der Waals surface area contributed by atoms with E-state index in [0.29, 0.717) is 40.7 Å². The van der Waals surface area contributed by atoms with Crippen molar-refractivity contribution in [2.45, 2.75) is 43.7 Å². The van der Waals surface area contributed by atoms with Crippen molar-refractivity contribution in [2.75, 3.05) is 30.4 Å². The molecule has 2 saturated heterocycles. The van der Waals surface area contributed by atoms with E-state index in [9.17, 15) is 24.5 Å². The molecule has 3 heterocycles. The largest absolute Gasteiger partial charge is 0.465 e. The molecule has 3 fully saturated rings. The Morgan fingerprint density at radius 3 is 2.61 bits per heavy atom. The summed E-state index contributed by atoms with van der Waals surface area (Å²) >= 11 is 12.7. The SMILES string of the molecule is COC(=O)c1cc(N2CC[C@H]3[C@@H](C2=O)[C@H](c2cccc(Cl)c2F)[C@]2(C(=O)Nc4cc(Cl)ccc42)N3CC2CC2)c([N+](=O)[O-])cc1C. The number of likely N-dealkylation sites (tertiary alicyclic amines) is 1. The summed E-state index contributed by atoms with van der Waals surface area (Å²) in [4.78, 5) is 57.0. The first-order chi connectivity index (χ1) is 22.0. The number of benzene rings is 3. The number of carbonyl (C=O) groups is 3. The second-order valence-corrected chi connectivity index (χ2v) is 13.2. The van der Waals surface area contributed by atoms with Gasteiger partial charge in [-0.2, -0.15) is 0 Å². The van der Waals surface area contributed by atoms with Crippen molar-refractivity contribution in [3.63, 3.8) is 0 Å². The van der Waals surface area contributed by atoms with Crippen molar-refractivity contribution in [1.82, 2.24) is 4.90 Å². The van der Waals surface area contributed by atoms with Crippen molar-refractivity contribution in [2.24, 2.45) is 11.8 Å². The van der Waals surface area contributed by atoms with Crippen molar-refractivity contribution >= 4 is 58.0 Å². The molecule has 3 aliphatic heterocycles. The van der Waals surface area contributed by atoms with E-state index in [1.807, 2.05) is 0 Å². The zero-order chi connectivity index (χ0) is 32.7. The van der Waals surface area contributed by atoms with E-state index in [1.54, 1.807) is 37.3 Å². The van der Waals surface area contributed by atoms with Crippen LogP contribution in [0.15, 0.2) is 48.5 Å². The highest BCUT2D eigenvalue weighted by Gasteiger charge is 2.70. The number of esters is 1. The first-order valence-electron chi connectivity index (χ1n) is 15.0. The van der Waals surface area contributed by atoms with Crippen LogP contribution in [0.5, 0.6) is 0 Å². The molecule has 2 amide bonds. The van der Waals surface area contributed by atoms with E-state index in [2.05, 4.69) is 10.2 Å². The Labute approximate surface area is 273 Å². The molecule has 1 N–H and O–H groups in total. The molecule has 3 aromatic carbocycles. The molecular formula is C33H29Cl2FN4O6. The fourth-order valence-electron chi connectivity index (χ4n) is 7.85. The molecule has 0 bridgehead atoms. The van der Waals surface area contributed by atoms with E-state index in [0.717, 1.165) is 12.8 Å². The number of carbonyl (C=O) groups excluding carboxylic acids is 3. The smallest absolute Gasteiger partial charge is 0.338 e. The van der Waals surface area contributed by atoms with Crippen LogP contribution in [0, 0.1) is 34.7 Å². The molecule has 3 aromatic rings. The lowest BCUT2D eigenvalue weighted by molar-refractivity contribution is -0.384. The highest BCUT2D eigenvalue weighted by molar-refractivity contribution is 6.31. The quantitative estimate of drug-likeness (QED) is 0.188. The molecule has 0 unspecified atom stereocenters. The van der Waals surface area contributed by atoms with Crippen LogP contribution >= 0.6 is 23.2 Å². The highest BCUT2D eigenvalue weighted by atomic mass is 35.5. The first-order valence-corrected chi connectivity index (χ1v) is 15.8. The number of nitrogens with zero attached hydrogens (tertiary/aromatic N) is 3. The van der Waals surface area contributed by atoms with Crippen molar-refractivity contribution in [1.29, 1.82) is 0 Å². The number of nitrogens with one attached hydrogen (secondary N) is 1. The fourth-order valence-corrected chi connectivity index (χ4v) is 8.20. The van der Waals surface area contributed by atoms with E-state index in [4.69, 9.17) is 27.9 Å². The maximum Gasteiger partial charge on any atom is 0.338 e. The highest BCUT2D eigenvalue weighted by Crippen LogP contribution is 2.62. The minimum Gasteiger partial charge on any atom is -0.465 e. The van der Waals surface area contributed by atoms with E-state index in [-0.39, 0.29) is 34.1 Å². The normalized spacial score (nSPS) is 25.4. The van der Waals surface area contributed by atoms with Crippen LogP contribution in [0.2, 0.25) is 10.0 Å². The van der Waals surface area contributed by atoms with Gasteiger partial charge in [0.1, 0.15) is 17.0 Å². The maximum atomic E-state index is 16.2. The summed E-state index contributed by atoms with van der Waals surface area (Å²) in [7, 11) is 1.20. The molecule has 0 radical (unpaired) electrons. The molecule has 46 heavy (non-hydrogen) atoms. The van der Waals surface area contributed by atoms with Gasteiger partial charge in [0.15, 0.2) is 0 Å². The molecule has 4 atom stereocenters. The molecule has 4 aliphatic rings. The van der Waals surface area contributed by atoms with Crippen LogP contribution in [0.4, 0.5) is 21.5 Å². The van der Waals surface area contributed by atoms with Crippen LogP contribution in [0.1, 0.15) is 52.2 Å². The Morgan fingerprint density at radius 2 is 1.91 bits per heavy atom. The number of ether oxygens (including phenoxy) is 1. The second kappa shape index (κ2) is 11.0. The number of anilines is 2. The molecular weight excluding hydrogens is 638 g/mol. The summed E-state index contributed by atoms with van der Waals surface area (Å²) < 4.78 is 21.1. The number of methoxy groups -OCH3 is 1. The van der Waals surface area contributed by atoms with Gasteiger partial charge in [-0.15, -0.1) is 0 Å². The summed E-state index contributed by atoms with van der Waals surface area (Å²) in [6.07, 6.45) is 2.25. The number of nitro benzene ring substituents is 1. The van der Waals surface area contributed by atoms with Gasteiger partial charge in [0, 0.05) is 47.4 Å². The number of fused-ring (bicyclic) bond motifs is 3. The number of aryl methyl sites for hydroxylation is 1. The maximum absolute atomic E-state index is 16.2. The number of nitro groups is 1. The van der Waals surface area contributed by atoms with Crippen LogP contribution in [0.3, 0.4) is 0 Å². The number of hydrogen-bond acceptors (Lipinski definition) is 7. The molecule has 1 aliphatic carbocycles. The standard InChI is InChI=1S/C33H29Cl2FN4O6/c1-16-12-26(40(44)45)25(14-20(16)31(42)46-2)38-11-10-24-27(30(38)41)28(19-4-3-5-22(35)29(19)36)33(39(24)15-17-6-7-17)21-9-8-18(34)13-23(21)37-32(33)43/h3-5,8-9,12-14,17,24,27-28H,6-7,10-11,15H2,1-2H3,(H,37,43)/t24-,27+,28-,33+/m0/s1. The Morgan fingerprint density at radius 1 is 1.15 bits per heavy atom. The van der Waals surface area contributed by atoms with Crippen molar-refractivity contribution in [3.8, 4) is 0 Å². The summed E-state index contributed by atoms with van der Waals surface area (Å²) in [6.45, 7) is 2.12. The Balaban J connectivity index is 1.46. The molecule has 13 heteroatoms. The Hall–Kier alpha value is -4.06. The van der Waals surface area contributed by atoms with Gasteiger partial charge in [0.2, 0.25) is 11.8 Å². The summed E-state index contributed by atoms with van der Waals surface area (Å²) in [5.74, 6) is -4.14. The molecule has 1 saturated carbocycles. The van der Waals surface area contributed by atoms with Gasteiger partial charge in [-0.05, 0) is 67.5 Å². The number of rotatable bonds is 6. The number of hydrogen-bond donors (Lipinski definition) is 1. The average molecular weight is 668 g/mol. The van der Waals surface area contributed by atoms with Crippen LogP contribution < -0.4 is 10.2 Å². The first kappa shape index (κ1) is 30.6. The van der Waals surface area contributed by atoms with Crippen molar-refractivity contribution in [3.05, 3.63) is 96.8 Å². The predicted octanol–water partition coefficient (Wildman–Crippen LogP) is 6.21. The number of halogens is 3. The van der Waals surface area contributed by atoms with Crippen LogP contribution in [-0.4, -0.2) is 53.8 Å². The third-order valence-electron chi connectivity index (χ3n) is 9.95. The Kier molecular flexibility index (Phi) is 7.34. The van der Waals surface area contributed by atoms with Gasteiger partial charge in [0.05, 0.1) is 28.5 Å². The monoisotopic (exact) mass is 666 g/mol. The van der Waals surface area contributed by atoms with Gasteiger partial charge in [0.25, 0.3) is 5.69 Å². The Bertz CT molecular complexity index is 1850. The molecule has 238 valence electrons. The van der Waals surface area contributed by atoms with E-state index < -0.39 is 51.9 Å². The average Bonchev–Trinajstić information content (AvgIpc) is 3.74. The van der Waals surface area contributed by atoms with Gasteiger partial charge >= 0.3 is 5.97 Å². The van der Waals surface area contributed by atoms with Gasteiger partial charge in [-0.3, -0.25) is 24.6 Å². The zero-order valence-electron chi connectivity index (χ0n) is 24.9. The van der Waals surface area contributed by atoms with Crippen LogP contribution in [-0.2, 0) is 19.9 Å². The fraction of sp³-hybridized carbons (Fsp3) is 0.364. The lowest BCUT2D eigenvalue weighted by Crippen LogP contribution is -2.54. The molecule has 7 rings (SSSR count). The summed E-state index contributed by atoms with van der Waals surface area (Å²) in [5, 5.41) is 15.5. The van der Waals surface area contributed by atoms with Gasteiger partial charge in [-0.25, -0.2) is 9.18 Å². The minimum atomic E-state index is -1.49. The van der Waals surface area contributed by atoms with Gasteiger partial charge < -0.3 is 15.0 Å². The third kappa shape index (κ3) is 4.43. The molecule has 10 nitrogen and oxygen atoms in total. The van der Waals surface area contributed by atoms with E-state index in [1.165, 1.54) is 30.2 Å². The minimum absolute atomic E-state index is 0.0671. The topological polar surface area (TPSA) is 122 Å². The lowest BCUT2D eigenvalue weighted by Gasteiger charge is -2.40. The van der Waals surface area contributed by atoms with E-state index >= 15 is 4.39 Å². The summed E-state index contributed by atoms with van der Waals surface area (Å²) in [5.41, 5.74) is -0.369. The lowest BCUT2D eigenvalue weighted by atomic mass is 9.70. The molecule has 1 spiro atoms. The number of amides is 2. The van der Waals surface area contributed by atoms with Crippen molar-refractivity contribution < 1.29 is 28.4 Å². The summed E-state index contributed by atoms with van der Waals surface area (Å²) in [6, 6.07) is 11.6. The molecule has 0 aromatic heterocycles. The zero-order valence-corrected chi connectivity index (χ0v) is 26.4. The second-order valence-electron chi connectivity index (χ2n) is 12.4. The van der Waals surface area contributed by atoms with Gasteiger partial charge in [-0.1, -0.05) is 41.4 Å².